The fourth-order valence-electron chi connectivity index (χ4n) is 3.61. The number of hydrogen-bond acceptors (Lipinski definition) is 3. The highest BCUT2D eigenvalue weighted by Gasteiger charge is 2.23. The molecule has 6 heteroatoms. The molecule has 0 bridgehead atoms. The zero-order valence-corrected chi connectivity index (χ0v) is 14.7. The van der Waals surface area contributed by atoms with E-state index in [0.29, 0.717) is 6.04 Å². The first-order valence-electron chi connectivity index (χ1n) is 8.83. The number of benzene rings is 1. The summed E-state index contributed by atoms with van der Waals surface area (Å²) in [5, 5.41) is 3.54. The van der Waals surface area contributed by atoms with E-state index in [1.807, 2.05) is 19.2 Å². The second-order valence-corrected chi connectivity index (χ2v) is 6.66. The number of halogens is 1. The Morgan fingerprint density at radius 1 is 1.17 bits per heavy atom. The van der Waals surface area contributed by atoms with Gasteiger partial charge < -0.3 is 20.0 Å². The fourth-order valence-corrected chi connectivity index (χ4v) is 3.61. The van der Waals surface area contributed by atoms with Gasteiger partial charge in [0.2, 0.25) is 0 Å². The van der Waals surface area contributed by atoms with Crippen molar-refractivity contribution in [2.45, 2.75) is 18.9 Å². The predicted molar refractivity (Wildman–Crippen MR) is 97.2 cm³/mol. The van der Waals surface area contributed by atoms with Crippen LogP contribution in [-0.2, 0) is 0 Å². The van der Waals surface area contributed by atoms with Crippen molar-refractivity contribution in [3.8, 4) is 0 Å². The monoisotopic (exact) mass is 333 g/mol. The minimum atomic E-state index is -0.182. The number of aliphatic imine (C=N–C) groups is 1. The smallest absolute Gasteiger partial charge is 0.193 e. The van der Waals surface area contributed by atoms with E-state index in [-0.39, 0.29) is 5.82 Å². The summed E-state index contributed by atoms with van der Waals surface area (Å²) in [5.41, 5.74) is 1.09. The molecule has 0 saturated carbocycles. The molecule has 0 radical (unpaired) electrons. The molecule has 1 atom stereocenters. The van der Waals surface area contributed by atoms with Gasteiger partial charge in [-0.2, -0.15) is 0 Å². The Balaban J connectivity index is 1.50. The molecule has 2 aliphatic rings. The van der Waals surface area contributed by atoms with Gasteiger partial charge in [0.25, 0.3) is 0 Å². The van der Waals surface area contributed by atoms with Crippen LogP contribution in [0.3, 0.4) is 0 Å². The lowest BCUT2D eigenvalue weighted by molar-refractivity contribution is 0.303. The van der Waals surface area contributed by atoms with Crippen LogP contribution in [0.2, 0.25) is 0 Å². The maximum atomic E-state index is 13.1. The van der Waals surface area contributed by atoms with Crippen molar-refractivity contribution in [3.63, 3.8) is 0 Å². The number of nitrogens with zero attached hydrogens (tertiary/aromatic N) is 4. The molecule has 24 heavy (non-hydrogen) atoms. The van der Waals surface area contributed by atoms with Gasteiger partial charge in [0.05, 0.1) is 0 Å². The summed E-state index contributed by atoms with van der Waals surface area (Å²) in [6.07, 6.45) is 2.55. The lowest BCUT2D eigenvalue weighted by Crippen LogP contribution is -2.54. The van der Waals surface area contributed by atoms with Crippen LogP contribution in [0.4, 0.5) is 10.1 Å². The van der Waals surface area contributed by atoms with Crippen molar-refractivity contribution >= 4 is 11.6 Å². The van der Waals surface area contributed by atoms with Crippen LogP contribution in [0.5, 0.6) is 0 Å². The molecule has 0 spiro atoms. The van der Waals surface area contributed by atoms with Crippen LogP contribution in [0.1, 0.15) is 12.8 Å². The molecule has 2 fully saturated rings. The molecule has 5 nitrogen and oxygen atoms in total. The summed E-state index contributed by atoms with van der Waals surface area (Å²) < 4.78 is 13.1. The molecule has 0 aromatic heterocycles. The molecule has 2 saturated heterocycles. The molecular weight excluding hydrogens is 305 g/mol. The molecule has 1 aromatic rings. The third-order valence-electron chi connectivity index (χ3n) is 5.15. The quantitative estimate of drug-likeness (QED) is 0.673. The van der Waals surface area contributed by atoms with Crippen molar-refractivity contribution < 1.29 is 4.39 Å². The van der Waals surface area contributed by atoms with Gasteiger partial charge in [-0.05, 0) is 50.7 Å². The van der Waals surface area contributed by atoms with Gasteiger partial charge in [-0.3, -0.25) is 4.99 Å². The molecule has 0 amide bonds. The third-order valence-corrected chi connectivity index (χ3v) is 5.15. The first-order chi connectivity index (χ1) is 11.7. The average molecular weight is 333 g/mol. The maximum absolute atomic E-state index is 13.1. The second kappa shape index (κ2) is 7.83. The topological polar surface area (TPSA) is 34.1 Å². The first-order valence-corrected chi connectivity index (χ1v) is 8.83. The van der Waals surface area contributed by atoms with Gasteiger partial charge in [0.15, 0.2) is 5.96 Å². The Morgan fingerprint density at radius 3 is 2.46 bits per heavy atom. The van der Waals surface area contributed by atoms with Crippen molar-refractivity contribution in [2.24, 2.45) is 4.99 Å². The van der Waals surface area contributed by atoms with Crippen LogP contribution in [0, 0.1) is 5.82 Å². The second-order valence-electron chi connectivity index (χ2n) is 6.66. The number of piperazine rings is 1. The van der Waals surface area contributed by atoms with Gasteiger partial charge in [-0.15, -0.1) is 0 Å². The minimum absolute atomic E-state index is 0.182. The first kappa shape index (κ1) is 17.0. The number of likely N-dealkylation sites (N-methyl/N-ethyl adjacent to an activating group) is 1. The largest absolute Gasteiger partial charge is 0.368 e. The number of guanidine groups is 1. The summed E-state index contributed by atoms with van der Waals surface area (Å²) >= 11 is 0. The molecule has 1 unspecified atom stereocenters. The van der Waals surface area contributed by atoms with Crippen LogP contribution in [-0.4, -0.2) is 75.2 Å². The van der Waals surface area contributed by atoms with Gasteiger partial charge in [0, 0.05) is 51.5 Å². The normalized spacial score (nSPS) is 23.0. The zero-order valence-electron chi connectivity index (χ0n) is 14.7. The standard InChI is InChI=1S/C18H28FN5/c1-20-18(21-14-17-4-3-9-22(17)2)24-12-10-23(11-13-24)16-7-5-15(19)6-8-16/h5-8,17H,3-4,9-14H2,1-2H3,(H,20,21). The van der Waals surface area contributed by atoms with Crippen molar-refractivity contribution in [1.82, 2.24) is 15.1 Å². The summed E-state index contributed by atoms with van der Waals surface area (Å²) in [4.78, 5) is 11.5. The molecule has 2 aliphatic heterocycles. The average Bonchev–Trinajstić information content (AvgIpc) is 3.02. The highest BCUT2D eigenvalue weighted by molar-refractivity contribution is 5.80. The van der Waals surface area contributed by atoms with E-state index in [4.69, 9.17) is 0 Å². The Bertz CT molecular complexity index is 551. The molecule has 132 valence electrons. The van der Waals surface area contributed by atoms with E-state index < -0.39 is 0 Å². The number of anilines is 1. The SMILES string of the molecule is CN=C(NCC1CCCN1C)N1CCN(c2ccc(F)cc2)CC1. The van der Waals surface area contributed by atoms with E-state index in [9.17, 15) is 4.39 Å². The maximum Gasteiger partial charge on any atom is 0.193 e. The summed E-state index contributed by atoms with van der Waals surface area (Å²) in [6.45, 7) is 5.86. The minimum Gasteiger partial charge on any atom is -0.368 e. The zero-order chi connectivity index (χ0) is 16.9. The lowest BCUT2D eigenvalue weighted by atomic mass is 10.2. The highest BCUT2D eigenvalue weighted by Crippen LogP contribution is 2.17. The highest BCUT2D eigenvalue weighted by atomic mass is 19.1. The Labute approximate surface area is 144 Å². The van der Waals surface area contributed by atoms with Crippen LogP contribution >= 0.6 is 0 Å². The number of nitrogens with one attached hydrogen (secondary N) is 1. The summed E-state index contributed by atoms with van der Waals surface area (Å²) in [5.74, 6) is 0.813. The van der Waals surface area contributed by atoms with Crippen LogP contribution in [0.15, 0.2) is 29.3 Å². The molecule has 1 aromatic carbocycles. The fraction of sp³-hybridized carbons (Fsp3) is 0.611. The number of hydrogen-bond donors (Lipinski definition) is 1. The Kier molecular flexibility index (Phi) is 5.56. The van der Waals surface area contributed by atoms with Gasteiger partial charge in [-0.25, -0.2) is 4.39 Å². The van der Waals surface area contributed by atoms with Crippen LogP contribution < -0.4 is 10.2 Å². The predicted octanol–water partition coefficient (Wildman–Crippen LogP) is 1.62. The molecule has 0 aliphatic carbocycles. The van der Waals surface area contributed by atoms with Crippen LogP contribution in [0.25, 0.3) is 0 Å². The van der Waals surface area contributed by atoms with Gasteiger partial charge in [0.1, 0.15) is 5.82 Å². The number of likely N-dealkylation sites (tertiary alicyclic amines) is 1. The Morgan fingerprint density at radius 2 is 1.88 bits per heavy atom. The van der Waals surface area contributed by atoms with Crippen molar-refractivity contribution in [2.75, 3.05) is 58.3 Å². The number of rotatable bonds is 3. The van der Waals surface area contributed by atoms with Crippen molar-refractivity contribution in [3.05, 3.63) is 30.1 Å². The van der Waals surface area contributed by atoms with Crippen molar-refractivity contribution in [1.29, 1.82) is 0 Å². The Hall–Kier alpha value is -1.82. The molecular formula is C18H28FN5. The molecule has 3 rings (SSSR count). The third kappa shape index (κ3) is 3.98. The van der Waals surface area contributed by atoms with E-state index in [0.717, 1.165) is 44.4 Å². The molecule has 1 N–H and O–H groups in total. The van der Waals surface area contributed by atoms with Gasteiger partial charge >= 0.3 is 0 Å². The lowest BCUT2D eigenvalue weighted by Gasteiger charge is -2.38. The van der Waals surface area contributed by atoms with Gasteiger partial charge in [-0.1, -0.05) is 0 Å². The van der Waals surface area contributed by atoms with E-state index in [2.05, 4.69) is 32.1 Å². The van der Waals surface area contributed by atoms with E-state index in [1.54, 1.807) is 0 Å². The summed E-state index contributed by atoms with van der Waals surface area (Å²) in [7, 11) is 4.05. The van der Waals surface area contributed by atoms with E-state index in [1.165, 1.54) is 31.5 Å². The van der Waals surface area contributed by atoms with E-state index >= 15 is 0 Å². The molecule has 2 heterocycles. The summed E-state index contributed by atoms with van der Waals surface area (Å²) in [6, 6.07) is 7.38.